The summed E-state index contributed by atoms with van der Waals surface area (Å²) >= 11 is 0. The monoisotopic (exact) mass is 340 g/mol. The van der Waals surface area contributed by atoms with Gasteiger partial charge in [0.25, 0.3) is 0 Å². The van der Waals surface area contributed by atoms with E-state index in [-0.39, 0.29) is 17.7 Å². The molecular formula is C21H24O4. The molecule has 0 aliphatic heterocycles. The average Bonchev–Trinajstić information content (AvgIpc) is 2.60. The van der Waals surface area contributed by atoms with Crippen molar-refractivity contribution in [2.45, 2.75) is 33.8 Å². The van der Waals surface area contributed by atoms with E-state index in [2.05, 4.69) is 0 Å². The summed E-state index contributed by atoms with van der Waals surface area (Å²) in [5.41, 5.74) is -0.317. The Morgan fingerprint density at radius 3 is 2.08 bits per heavy atom. The molecule has 0 N–H and O–H groups in total. The Hall–Kier alpha value is -2.62. The fourth-order valence-corrected chi connectivity index (χ4v) is 2.59. The Kier molecular flexibility index (Phi) is 5.62. The van der Waals surface area contributed by atoms with Crippen molar-refractivity contribution < 1.29 is 19.1 Å². The lowest BCUT2D eigenvalue weighted by Crippen LogP contribution is -2.34. The number of rotatable bonds is 7. The van der Waals surface area contributed by atoms with Crippen molar-refractivity contribution in [3.05, 3.63) is 59.7 Å². The van der Waals surface area contributed by atoms with Gasteiger partial charge >= 0.3 is 0 Å². The summed E-state index contributed by atoms with van der Waals surface area (Å²) in [7, 11) is 1.51. The zero-order valence-corrected chi connectivity index (χ0v) is 15.3. The number of methoxy groups -OCH3 is 1. The van der Waals surface area contributed by atoms with E-state index in [4.69, 9.17) is 9.47 Å². The summed E-state index contributed by atoms with van der Waals surface area (Å²) in [4.78, 5) is 25.9. The maximum atomic E-state index is 12.9. The van der Waals surface area contributed by atoms with E-state index in [1.807, 2.05) is 13.8 Å². The van der Waals surface area contributed by atoms with Crippen LogP contribution in [0.1, 0.15) is 48.4 Å². The Morgan fingerprint density at radius 1 is 0.920 bits per heavy atom. The third-order valence-electron chi connectivity index (χ3n) is 3.98. The van der Waals surface area contributed by atoms with Gasteiger partial charge < -0.3 is 9.47 Å². The fraction of sp³-hybridized carbons (Fsp3) is 0.333. The number of ketones is 2. The van der Waals surface area contributed by atoms with Gasteiger partial charge in [-0.2, -0.15) is 0 Å². The van der Waals surface area contributed by atoms with Crippen molar-refractivity contribution >= 4 is 11.6 Å². The largest absolute Gasteiger partial charge is 0.496 e. The first-order valence-electron chi connectivity index (χ1n) is 8.26. The highest BCUT2D eigenvalue weighted by atomic mass is 16.5. The van der Waals surface area contributed by atoms with Crippen LogP contribution in [-0.4, -0.2) is 24.8 Å². The number of hydrogen-bond donors (Lipinski definition) is 0. The van der Waals surface area contributed by atoms with E-state index in [1.54, 1.807) is 62.4 Å². The molecule has 132 valence electrons. The number of ether oxygens (including phenoxy) is 2. The second kappa shape index (κ2) is 7.51. The first-order chi connectivity index (χ1) is 11.8. The third-order valence-corrected chi connectivity index (χ3v) is 3.98. The number of carbonyl (C=O) groups excluding carboxylic acids is 2. The van der Waals surface area contributed by atoms with E-state index in [0.717, 1.165) is 0 Å². The van der Waals surface area contributed by atoms with Gasteiger partial charge in [0.05, 0.1) is 24.2 Å². The predicted molar refractivity (Wildman–Crippen MR) is 97.6 cm³/mol. The predicted octanol–water partition coefficient (Wildman–Crippen LogP) is 4.57. The minimum Gasteiger partial charge on any atom is -0.496 e. The average molecular weight is 340 g/mol. The van der Waals surface area contributed by atoms with Crippen molar-refractivity contribution in [2.24, 2.45) is 5.41 Å². The zero-order valence-electron chi connectivity index (χ0n) is 15.3. The molecule has 0 aromatic heterocycles. The van der Waals surface area contributed by atoms with Crippen LogP contribution in [0.15, 0.2) is 48.5 Å². The second-order valence-electron chi connectivity index (χ2n) is 6.67. The Morgan fingerprint density at radius 2 is 1.52 bits per heavy atom. The molecule has 4 nitrogen and oxygen atoms in total. The standard InChI is InChI=1S/C21H24O4/c1-14(2)25-16-12-10-15(11-13-16)19(22)21(3,4)20(23)17-8-6-7-9-18(17)24-5/h6-14H,1-5H3. The minimum atomic E-state index is -1.20. The number of hydrogen-bond acceptors (Lipinski definition) is 4. The van der Waals surface area contributed by atoms with Crippen LogP contribution in [0.2, 0.25) is 0 Å². The molecule has 2 rings (SSSR count). The third kappa shape index (κ3) is 4.08. The molecule has 0 aliphatic carbocycles. The van der Waals surface area contributed by atoms with Crippen LogP contribution in [0.3, 0.4) is 0 Å². The minimum absolute atomic E-state index is 0.0603. The van der Waals surface area contributed by atoms with E-state index in [1.165, 1.54) is 7.11 Å². The lowest BCUT2D eigenvalue weighted by atomic mass is 9.77. The van der Waals surface area contributed by atoms with Crippen molar-refractivity contribution in [3.8, 4) is 11.5 Å². The van der Waals surface area contributed by atoms with Crippen LogP contribution in [0.5, 0.6) is 11.5 Å². The molecule has 4 heteroatoms. The summed E-state index contributed by atoms with van der Waals surface area (Å²) in [6.07, 6.45) is 0.0603. The number of benzene rings is 2. The van der Waals surface area contributed by atoms with Crippen LogP contribution in [0.4, 0.5) is 0 Å². The SMILES string of the molecule is COc1ccccc1C(=O)C(C)(C)C(=O)c1ccc(OC(C)C)cc1. The first-order valence-corrected chi connectivity index (χ1v) is 8.26. The van der Waals surface area contributed by atoms with Gasteiger partial charge in [0.2, 0.25) is 0 Å². The molecule has 0 unspecified atom stereocenters. The van der Waals surface area contributed by atoms with E-state index in [9.17, 15) is 9.59 Å². The van der Waals surface area contributed by atoms with Gasteiger partial charge in [0, 0.05) is 5.56 Å². The van der Waals surface area contributed by atoms with Crippen molar-refractivity contribution in [3.63, 3.8) is 0 Å². The molecule has 0 amide bonds. The summed E-state index contributed by atoms with van der Waals surface area (Å²) in [6, 6.07) is 13.8. The molecule has 25 heavy (non-hydrogen) atoms. The van der Waals surface area contributed by atoms with Crippen LogP contribution in [0, 0.1) is 5.41 Å². The molecular weight excluding hydrogens is 316 g/mol. The maximum Gasteiger partial charge on any atom is 0.179 e. The Balaban J connectivity index is 2.28. The highest BCUT2D eigenvalue weighted by Crippen LogP contribution is 2.31. The molecule has 0 aliphatic rings. The van der Waals surface area contributed by atoms with Crippen LogP contribution >= 0.6 is 0 Å². The number of Topliss-reactive ketones (excluding diaryl/α,β-unsaturated/α-hetero) is 2. The zero-order chi connectivity index (χ0) is 18.6. The van der Waals surface area contributed by atoms with E-state index in [0.29, 0.717) is 22.6 Å². The summed E-state index contributed by atoms with van der Waals surface area (Å²) in [5, 5.41) is 0. The summed E-state index contributed by atoms with van der Waals surface area (Å²) in [5.74, 6) is 0.659. The van der Waals surface area contributed by atoms with Crippen LogP contribution in [-0.2, 0) is 0 Å². The van der Waals surface area contributed by atoms with E-state index >= 15 is 0 Å². The molecule has 0 bridgehead atoms. The second-order valence-corrected chi connectivity index (χ2v) is 6.67. The van der Waals surface area contributed by atoms with Gasteiger partial charge in [-0.25, -0.2) is 0 Å². The highest BCUT2D eigenvalue weighted by Gasteiger charge is 2.38. The van der Waals surface area contributed by atoms with Crippen LogP contribution in [0.25, 0.3) is 0 Å². The Bertz CT molecular complexity index is 758. The van der Waals surface area contributed by atoms with Gasteiger partial charge in [0.15, 0.2) is 11.6 Å². The highest BCUT2D eigenvalue weighted by molar-refractivity contribution is 6.19. The summed E-state index contributed by atoms with van der Waals surface area (Å²) < 4.78 is 10.8. The van der Waals surface area contributed by atoms with Gasteiger partial charge in [-0.1, -0.05) is 12.1 Å². The van der Waals surface area contributed by atoms with E-state index < -0.39 is 5.41 Å². The topological polar surface area (TPSA) is 52.6 Å². The fourth-order valence-electron chi connectivity index (χ4n) is 2.59. The molecule has 0 saturated carbocycles. The van der Waals surface area contributed by atoms with Gasteiger partial charge in [-0.3, -0.25) is 9.59 Å². The number of carbonyl (C=O) groups is 2. The van der Waals surface area contributed by atoms with Crippen molar-refractivity contribution in [1.29, 1.82) is 0 Å². The lowest BCUT2D eigenvalue weighted by molar-refractivity contribution is 0.0710. The van der Waals surface area contributed by atoms with Gasteiger partial charge in [-0.15, -0.1) is 0 Å². The smallest absolute Gasteiger partial charge is 0.179 e. The lowest BCUT2D eigenvalue weighted by Gasteiger charge is -2.23. The molecule has 0 radical (unpaired) electrons. The quantitative estimate of drug-likeness (QED) is 0.547. The Labute approximate surface area is 148 Å². The van der Waals surface area contributed by atoms with Crippen molar-refractivity contribution in [1.82, 2.24) is 0 Å². The molecule has 0 atom stereocenters. The molecule has 0 saturated heterocycles. The maximum absolute atomic E-state index is 12.9. The molecule has 0 fully saturated rings. The van der Waals surface area contributed by atoms with Crippen LogP contribution < -0.4 is 9.47 Å². The van der Waals surface area contributed by atoms with Crippen molar-refractivity contribution in [2.75, 3.05) is 7.11 Å². The molecule has 0 heterocycles. The van der Waals surface area contributed by atoms with Gasteiger partial charge in [-0.05, 0) is 64.1 Å². The number of para-hydroxylation sites is 1. The summed E-state index contributed by atoms with van der Waals surface area (Å²) in [6.45, 7) is 7.16. The molecule has 2 aromatic rings. The molecule has 2 aromatic carbocycles. The normalized spacial score (nSPS) is 11.3. The molecule has 0 spiro atoms. The van der Waals surface area contributed by atoms with Gasteiger partial charge in [0.1, 0.15) is 11.5 Å². The first kappa shape index (κ1) is 18.7.